The van der Waals surface area contributed by atoms with Crippen LogP contribution in [0, 0.1) is 5.41 Å². The van der Waals surface area contributed by atoms with Gasteiger partial charge in [0.05, 0.1) is 19.8 Å². The van der Waals surface area contributed by atoms with E-state index in [1.807, 2.05) is 13.0 Å². The van der Waals surface area contributed by atoms with Crippen molar-refractivity contribution in [2.24, 2.45) is 5.41 Å². The molecule has 0 amide bonds. The van der Waals surface area contributed by atoms with E-state index in [2.05, 4.69) is 0 Å². The molecule has 1 rings (SSSR count). The number of carbonyl (C=O) groups excluding carboxylic acids is 3. The van der Waals surface area contributed by atoms with Gasteiger partial charge in [0.1, 0.15) is 0 Å². The number of hydrogen-bond acceptors (Lipinski definition) is 6. The molecule has 26 heavy (non-hydrogen) atoms. The van der Waals surface area contributed by atoms with Gasteiger partial charge in [-0.15, -0.1) is 0 Å². The number of rotatable bonds is 10. The van der Waals surface area contributed by atoms with E-state index >= 15 is 0 Å². The minimum absolute atomic E-state index is 0.0348. The first kappa shape index (κ1) is 21.7. The molecule has 0 saturated heterocycles. The number of hydrogen-bond donors (Lipinski definition) is 0. The Kier molecular flexibility index (Phi) is 8.82. The summed E-state index contributed by atoms with van der Waals surface area (Å²) in [4.78, 5) is 38.9. The fourth-order valence-corrected chi connectivity index (χ4v) is 3.02. The summed E-state index contributed by atoms with van der Waals surface area (Å²) in [5.74, 6) is -3.54. The predicted molar refractivity (Wildman–Crippen MR) is 96.4 cm³/mol. The smallest absolute Gasteiger partial charge is 0.335 e. The lowest BCUT2D eigenvalue weighted by Gasteiger charge is -2.34. The number of benzene rings is 1. The molecule has 0 N–H and O–H groups in total. The molecular formula is C20H28O6. The second-order valence-corrected chi connectivity index (χ2v) is 5.72. The highest BCUT2D eigenvalue weighted by Gasteiger charge is 2.62. The molecule has 0 spiro atoms. The molecule has 1 aromatic carbocycles. The van der Waals surface area contributed by atoms with Gasteiger partial charge in [0.25, 0.3) is 5.41 Å². The third kappa shape index (κ3) is 4.42. The highest BCUT2D eigenvalue weighted by molar-refractivity contribution is 6.19. The van der Waals surface area contributed by atoms with Gasteiger partial charge in [-0.25, -0.2) is 0 Å². The lowest BCUT2D eigenvalue weighted by atomic mass is 9.69. The quantitative estimate of drug-likeness (QED) is 0.360. The predicted octanol–water partition coefficient (Wildman–Crippen LogP) is 3.25. The molecule has 0 aliphatic carbocycles. The first-order chi connectivity index (χ1) is 12.5. The Morgan fingerprint density at radius 1 is 0.808 bits per heavy atom. The van der Waals surface area contributed by atoms with E-state index in [4.69, 9.17) is 14.2 Å². The molecule has 0 heterocycles. The Balaban J connectivity index is 3.66. The van der Waals surface area contributed by atoms with Crippen molar-refractivity contribution in [1.29, 1.82) is 0 Å². The molecule has 0 aliphatic heterocycles. The van der Waals surface area contributed by atoms with Gasteiger partial charge in [0.15, 0.2) is 0 Å². The van der Waals surface area contributed by atoms with Crippen LogP contribution >= 0.6 is 0 Å². The molecule has 6 nitrogen and oxygen atoms in total. The first-order valence-corrected chi connectivity index (χ1v) is 9.07. The van der Waals surface area contributed by atoms with Crippen molar-refractivity contribution in [1.82, 2.24) is 0 Å². The molecule has 144 valence electrons. The summed E-state index contributed by atoms with van der Waals surface area (Å²) in [5.41, 5.74) is -1.50. The standard InChI is InChI=1S/C20H28O6/c1-5-12-16(15-13-10-9-11-14-15)20(17(21)24-6-2,18(22)25-7-3)19(23)26-8-4/h9-11,13-14,16H,5-8,12H2,1-4H3/t16-/m1/s1. The third-order valence-electron chi connectivity index (χ3n) is 4.09. The average molecular weight is 364 g/mol. The summed E-state index contributed by atoms with van der Waals surface area (Å²) in [5, 5.41) is 0. The molecule has 0 unspecified atom stereocenters. The van der Waals surface area contributed by atoms with Crippen LogP contribution in [0.5, 0.6) is 0 Å². The summed E-state index contributed by atoms with van der Waals surface area (Å²) in [6.07, 6.45) is 1.07. The Bertz CT molecular complexity index is 550. The van der Waals surface area contributed by atoms with Crippen LogP contribution in [0.4, 0.5) is 0 Å². The second kappa shape index (κ2) is 10.6. The minimum Gasteiger partial charge on any atom is -0.465 e. The van der Waals surface area contributed by atoms with E-state index in [9.17, 15) is 14.4 Å². The second-order valence-electron chi connectivity index (χ2n) is 5.72. The molecule has 0 aromatic heterocycles. The summed E-state index contributed by atoms with van der Waals surface area (Å²) in [6, 6.07) is 8.99. The number of ether oxygens (including phenoxy) is 3. The molecule has 1 aromatic rings. The van der Waals surface area contributed by atoms with Crippen LogP contribution < -0.4 is 0 Å². The minimum atomic E-state index is -2.18. The highest BCUT2D eigenvalue weighted by atomic mass is 16.6. The monoisotopic (exact) mass is 364 g/mol. The maximum atomic E-state index is 13.0. The van der Waals surface area contributed by atoms with Crippen LogP contribution in [-0.2, 0) is 28.6 Å². The maximum Gasteiger partial charge on any atom is 0.335 e. The summed E-state index contributed by atoms with van der Waals surface area (Å²) < 4.78 is 15.5. The SMILES string of the molecule is CCC[C@H](c1ccccc1)C(C(=O)OCC)(C(=O)OCC)C(=O)OCC. The van der Waals surface area contributed by atoms with E-state index in [0.717, 1.165) is 0 Å². The van der Waals surface area contributed by atoms with Crippen molar-refractivity contribution < 1.29 is 28.6 Å². The van der Waals surface area contributed by atoms with Crippen LogP contribution in [-0.4, -0.2) is 37.7 Å². The van der Waals surface area contributed by atoms with Gasteiger partial charge >= 0.3 is 17.9 Å². The number of esters is 3. The van der Waals surface area contributed by atoms with Crippen LogP contribution in [0.15, 0.2) is 30.3 Å². The van der Waals surface area contributed by atoms with Gasteiger partial charge in [-0.05, 0) is 32.8 Å². The highest BCUT2D eigenvalue weighted by Crippen LogP contribution is 2.43. The molecule has 1 atom stereocenters. The van der Waals surface area contributed by atoms with Crippen LogP contribution in [0.1, 0.15) is 52.0 Å². The van der Waals surface area contributed by atoms with Gasteiger partial charge < -0.3 is 14.2 Å². The van der Waals surface area contributed by atoms with Gasteiger partial charge in [-0.3, -0.25) is 14.4 Å². The van der Waals surface area contributed by atoms with Gasteiger partial charge in [-0.1, -0.05) is 43.7 Å². The maximum absolute atomic E-state index is 13.0. The van der Waals surface area contributed by atoms with Crippen LogP contribution in [0.3, 0.4) is 0 Å². The van der Waals surface area contributed by atoms with Crippen molar-refractivity contribution >= 4 is 17.9 Å². The van der Waals surface area contributed by atoms with Gasteiger partial charge in [-0.2, -0.15) is 0 Å². The summed E-state index contributed by atoms with van der Waals surface area (Å²) in [7, 11) is 0. The molecule has 0 saturated carbocycles. The van der Waals surface area contributed by atoms with Gasteiger partial charge in [0.2, 0.25) is 0 Å². The molecular weight excluding hydrogens is 336 g/mol. The van der Waals surface area contributed by atoms with Crippen molar-refractivity contribution in [3.63, 3.8) is 0 Å². The zero-order valence-electron chi connectivity index (χ0n) is 15.9. The Morgan fingerprint density at radius 3 is 1.58 bits per heavy atom. The lowest BCUT2D eigenvalue weighted by molar-refractivity contribution is -0.186. The van der Waals surface area contributed by atoms with E-state index in [-0.39, 0.29) is 19.8 Å². The van der Waals surface area contributed by atoms with Crippen LogP contribution in [0.2, 0.25) is 0 Å². The molecule has 0 fully saturated rings. The fraction of sp³-hybridized carbons (Fsp3) is 0.550. The van der Waals surface area contributed by atoms with E-state index in [0.29, 0.717) is 18.4 Å². The van der Waals surface area contributed by atoms with Crippen molar-refractivity contribution in [2.45, 2.75) is 46.5 Å². The van der Waals surface area contributed by atoms with E-state index in [1.54, 1.807) is 45.0 Å². The van der Waals surface area contributed by atoms with E-state index < -0.39 is 29.2 Å². The molecule has 0 aliphatic rings. The average Bonchev–Trinajstić information content (AvgIpc) is 2.63. The lowest BCUT2D eigenvalue weighted by Crippen LogP contribution is -2.53. The topological polar surface area (TPSA) is 78.9 Å². The fourth-order valence-electron chi connectivity index (χ4n) is 3.02. The molecule has 0 radical (unpaired) electrons. The van der Waals surface area contributed by atoms with Crippen molar-refractivity contribution in [3.05, 3.63) is 35.9 Å². The zero-order chi connectivity index (χ0) is 19.6. The molecule has 6 heteroatoms. The third-order valence-corrected chi connectivity index (χ3v) is 4.09. The van der Waals surface area contributed by atoms with Crippen molar-refractivity contribution in [2.75, 3.05) is 19.8 Å². The first-order valence-electron chi connectivity index (χ1n) is 9.07. The Hall–Kier alpha value is -2.37. The largest absolute Gasteiger partial charge is 0.465 e. The number of carbonyl (C=O) groups is 3. The van der Waals surface area contributed by atoms with Crippen molar-refractivity contribution in [3.8, 4) is 0 Å². The Labute approximate surface area is 154 Å². The zero-order valence-corrected chi connectivity index (χ0v) is 15.9. The normalized spacial score (nSPS) is 12.2. The Morgan fingerprint density at radius 2 is 1.23 bits per heavy atom. The van der Waals surface area contributed by atoms with Gasteiger partial charge in [0, 0.05) is 5.92 Å². The summed E-state index contributed by atoms with van der Waals surface area (Å²) >= 11 is 0. The molecule has 0 bridgehead atoms. The van der Waals surface area contributed by atoms with Crippen LogP contribution in [0.25, 0.3) is 0 Å². The summed E-state index contributed by atoms with van der Waals surface area (Å²) in [6.45, 7) is 6.89. The van der Waals surface area contributed by atoms with E-state index in [1.165, 1.54) is 0 Å².